The summed E-state index contributed by atoms with van der Waals surface area (Å²) in [4.78, 5) is 4.21. The predicted molar refractivity (Wildman–Crippen MR) is 70.9 cm³/mol. The smallest absolute Gasteiger partial charge is 0.128 e. The van der Waals surface area contributed by atoms with Gasteiger partial charge in [-0.15, -0.1) is 0 Å². The Morgan fingerprint density at radius 2 is 2.29 bits per heavy atom. The van der Waals surface area contributed by atoms with Gasteiger partial charge >= 0.3 is 0 Å². The van der Waals surface area contributed by atoms with Gasteiger partial charge in [-0.1, -0.05) is 6.92 Å². The van der Waals surface area contributed by atoms with Gasteiger partial charge in [0.05, 0.1) is 0 Å². The lowest BCUT2D eigenvalue weighted by Gasteiger charge is -2.20. The molecule has 0 bridgehead atoms. The number of nitrogens with zero attached hydrogens (tertiary/aromatic N) is 1. The van der Waals surface area contributed by atoms with E-state index in [1.807, 2.05) is 6.92 Å². The zero-order chi connectivity index (χ0) is 12.7. The van der Waals surface area contributed by atoms with E-state index in [0.717, 1.165) is 37.1 Å². The van der Waals surface area contributed by atoms with Gasteiger partial charge in [-0.3, -0.25) is 0 Å². The molecule has 4 heteroatoms. The molecule has 0 radical (unpaired) electrons. The summed E-state index contributed by atoms with van der Waals surface area (Å²) in [7, 11) is 1.72. The normalized spacial score (nSPS) is 12.6. The molecule has 1 unspecified atom stereocenters. The highest BCUT2D eigenvalue weighted by molar-refractivity contribution is 5.42. The minimum Gasteiger partial charge on any atom is -0.385 e. The molecule has 0 aliphatic heterocycles. The SMILES string of the molecule is CCCNC(CCOC)c1cc(C)cnc1N. The summed E-state index contributed by atoms with van der Waals surface area (Å²) in [5.74, 6) is 0.611. The standard InChI is InChI=1S/C13H23N3O/c1-4-6-15-12(5-7-17-3)11-8-10(2)9-16-13(11)14/h8-9,12,15H,4-7H2,1-3H3,(H2,14,16). The summed E-state index contributed by atoms with van der Waals surface area (Å²) in [6.07, 6.45) is 3.81. The van der Waals surface area contributed by atoms with Gasteiger partial charge in [0.15, 0.2) is 0 Å². The molecule has 0 saturated carbocycles. The maximum absolute atomic E-state index is 5.94. The average molecular weight is 237 g/mol. The Morgan fingerprint density at radius 1 is 1.53 bits per heavy atom. The number of anilines is 1. The molecular formula is C13H23N3O. The first-order valence-corrected chi connectivity index (χ1v) is 6.13. The zero-order valence-electron chi connectivity index (χ0n) is 11.0. The topological polar surface area (TPSA) is 60.2 Å². The maximum atomic E-state index is 5.94. The number of ether oxygens (including phenoxy) is 1. The Hall–Kier alpha value is -1.13. The van der Waals surface area contributed by atoms with Crippen molar-refractivity contribution < 1.29 is 4.74 Å². The fourth-order valence-electron chi connectivity index (χ4n) is 1.80. The second kappa shape index (κ2) is 7.25. The van der Waals surface area contributed by atoms with Crippen molar-refractivity contribution in [3.8, 4) is 0 Å². The Morgan fingerprint density at radius 3 is 2.94 bits per heavy atom. The van der Waals surface area contributed by atoms with Crippen molar-refractivity contribution in [2.75, 3.05) is 26.0 Å². The van der Waals surface area contributed by atoms with Crippen LogP contribution in [0.25, 0.3) is 0 Å². The molecule has 1 rings (SSSR count). The number of nitrogen functional groups attached to an aromatic ring is 1. The summed E-state index contributed by atoms with van der Waals surface area (Å²) in [5, 5.41) is 3.49. The summed E-state index contributed by atoms with van der Waals surface area (Å²) in [5.41, 5.74) is 8.16. The van der Waals surface area contributed by atoms with Crippen molar-refractivity contribution in [3.05, 3.63) is 23.4 Å². The molecule has 4 nitrogen and oxygen atoms in total. The number of hydrogen-bond donors (Lipinski definition) is 2. The second-order valence-corrected chi connectivity index (χ2v) is 4.28. The van der Waals surface area contributed by atoms with Crippen LogP contribution in [0.4, 0.5) is 5.82 Å². The highest BCUT2D eigenvalue weighted by Crippen LogP contribution is 2.22. The van der Waals surface area contributed by atoms with Crippen LogP contribution in [0, 0.1) is 6.92 Å². The van der Waals surface area contributed by atoms with E-state index in [2.05, 4.69) is 23.3 Å². The zero-order valence-corrected chi connectivity index (χ0v) is 11.0. The first-order valence-electron chi connectivity index (χ1n) is 6.13. The molecule has 0 aliphatic rings. The van der Waals surface area contributed by atoms with E-state index >= 15 is 0 Å². The number of aryl methyl sites for hydroxylation is 1. The molecule has 0 fully saturated rings. The van der Waals surface area contributed by atoms with E-state index < -0.39 is 0 Å². The van der Waals surface area contributed by atoms with Gasteiger partial charge in [0.1, 0.15) is 5.82 Å². The Balaban J connectivity index is 2.82. The minimum absolute atomic E-state index is 0.224. The van der Waals surface area contributed by atoms with Gasteiger partial charge in [0, 0.05) is 31.5 Å². The van der Waals surface area contributed by atoms with E-state index in [1.165, 1.54) is 0 Å². The van der Waals surface area contributed by atoms with Gasteiger partial charge in [-0.05, 0) is 37.9 Å². The van der Waals surface area contributed by atoms with Gasteiger partial charge < -0.3 is 15.8 Å². The molecule has 1 aromatic heterocycles. The molecule has 0 aliphatic carbocycles. The number of methoxy groups -OCH3 is 1. The van der Waals surface area contributed by atoms with E-state index in [1.54, 1.807) is 13.3 Å². The van der Waals surface area contributed by atoms with E-state index in [0.29, 0.717) is 5.82 Å². The van der Waals surface area contributed by atoms with Crippen molar-refractivity contribution in [2.24, 2.45) is 0 Å². The fraction of sp³-hybridized carbons (Fsp3) is 0.615. The van der Waals surface area contributed by atoms with Crippen LogP contribution in [0.15, 0.2) is 12.3 Å². The monoisotopic (exact) mass is 237 g/mol. The lowest BCUT2D eigenvalue weighted by atomic mass is 10.0. The van der Waals surface area contributed by atoms with Crippen molar-refractivity contribution >= 4 is 5.82 Å². The average Bonchev–Trinajstić information content (AvgIpc) is 2.33. The summed E-state index contributed by atoms with van der Waals surface area (Å²) in [6.45, 7) is 5.87. The maximum Gasteiger partial charge on any atom is 0.128 e. The lowest BCUT2D eigenvalue weighted by Crippen LogP contribution is -2.24. The molecule has 1 heterocycles. The van der Waals surface area contributed by atoms with E-state index in [9.17, 15) is 0 Å². The lowest BCUT2D eigenvalue weighted by molar-refractivity contribution is 0.183. The third kappa shape index (κ3) is 4.32. The number of aromatic nitrogens is 1. The summed E-state index contributed by atoms with van der Waals surface area (Å²) in [6, 6.07) is 2.33. The third-order valence-corrected chi connectivity index (χ3v) is 2.71. The molecule has 0 saturated heterocycles. The first kappa shape index (κ1) is 13.9. The first-order chi connectivity index (χ1) is 8.19. The van der Waals surface area contributed by atoms with Gasteiger partial charge in [0.2, 0.25) is 0 Å². The third-order valence-electron chi connectivity index (χ3n) is 2.71. The van der Waals surface area contributed by atoms with Crippen LogP contribution in [-0.2, 0) is 4.74 Å². The largest absolute Gasteiger partial charge is 0.385 e. The molecule has 17 heavy (non-hydrogen) atoms. The van der Waals surface area contributed by atoms with Crippen LogP contribution in [0.5, 0.6) is 0 Å². The Bertz CT molecular complexity index is 333. The van der Waals surface area contributed by atoms with E-state index in [-0.39, 0.29) is 6.04 Å². The van der Waals surface area contributed by atoms with Crippen LogP contribution < -0.4 is 11.1 Å². The quantitative estimate of drug-likeness (QED) is 0.762. The van der Waals surface area contributed by atoms with Crippen LogP contribution >= 0.6 is 0 Å². The van der Waals surface area contributed by atoms with E-state index in [4.69, 9.17) is 10.5 Å². The van der Waals surface area contributed by atoms with Crippen LogP contribution in [0.1, 0.15) is 36.9 Å². The molecular weight excluding hydrogens is 214 g/mol. The van der Waals surface area contributed by atoms with Crippen LogP contribution in [0.3, 0.4) is 0 Å². The fourth-order valence-corrected chi connectivity index (χ4v) is 1.80. The molecule has 1 atom stereocenters. The molecule has 3 N–H and O–H groups in total. The van der Waals surface area contributed by atoms with Crippen molar-refractivity contribution in [1.29, 1.82) is 0 Å². The number of rotatable bonds is 7. The highest BCUT2D eigenvalue weighted by atomic mass is 16.5. The molecule has 0 amide bonds. The van der Waals surface area contributed by atoms with Gasteiger partial charge in [-0.2, -0.15) is 0 Å². The number of nitrogens with two attached hydrogens (primary N) is 1. The Labute approximate surface area is 104 Å². The van der Waals surface area contributed by atoms with Crippen molar-refractivity contribution in [1.82, 2.24) is 10.3 Å². The molecule has 1 aromatic rings. The number of hydrogen-bond acceptors (Lipinski definition) is 4. The summed E-state index contributed by atoms with van der Waals surface area (Å²) < 4.78 is 5.14. The second-order valence-electron chi connectivity index (χ2n) is 4.28. The minimum atomic E-state index is 0.224. The molecule has 0 spiro atoms. The highest BCUT2D eigenvalue weighted by Gasteiger charge is 2.14. The number of pyridine rings is 1. The summed E-state index contributed by atoms with van der Waals surface area (Å²) >= 11 is 0. The molecule has 0 aromatic carbocycles. The van der Waals surface area contributed by atoms with Crippen LogP contribution in [0.2, 0.25) is 0 Å². The Kier molecular flexibility index (Phi) is 5.94. The van der Waals surface area contributed by atoms with Crippen LogP contribution in [-0.4, -0.2) is 25.2 Å². The van der Waals surface area contributed by atoms with Gasteiger partial charge in [-0.25, -0.2) is 4.98 Å². The number of nitrogens with one attached hydrogen (secondary N) is 1. The predicted octanol–water partition coefficient (Wildman–Crippen LogP) is 2.05. The van der Waals surface area contributed by atoms with Gasteiger partial charge in [0.25, 0.3) is 0 Å². The van der Waals surface area contributed by atoms with Crippen molar-refractivity contribution in [3.63, 3.8) is 0 Å². The van der Waals surface area contributed by atoms with Crippen molar-refractivity contribution in [2.45, 2.75) is 32.7 Å². The molecule has 96 valence electrons.